The summed E-state index contributed by atoms with van der Waals surface area (Å²) in [6.45, 7) is 1.75. The van der Waals surface area contributed by atoms with E-state index < -0.39 is 5.91 Å². The number of nitrogens with one attached hydrogen (secondary N) is 2. The van der Waals surface area contributed by atoms with E-state index in [4.69, 9.17) is 11.6 Å². The molecule has 3 N–H and O–H groups in total. The monoisotopic (exact) mass is 457 g/mol. The summed E-state index contributed by atoms with van der Waals surface area (Å²) in [4.78, 5) is 25.1. The lowest BCUT2D eigenvalue weighted by molar-refractivity contribution is 0.0953. The molecule has 2 amide bonds. The van der Waals surface area contributed by atoms with Gasteiger partial charge in [-0.2, -0.15) is 5.10 Å². The number of benzene rings is 4. The van der Waals surface area contributed by atoms with Gasteiger partial charge in [-0.1, -0.05) is 66.2 Å². The Morgan fingerprint density at radius 2 is 1.55 bits per heavy atom. The molecule has 0 aliphatic rings. The number of halogens is 1. The molecule has 4 aromatic rings. The summed E-state index contributed by atoms with van der Waals surface area (Å²) >= 11 is 6.07. The van der Waals surface area contributed by atoms with Gasteiger partial charge < -0.3 is 10.4 Å². The maximum atomic E-state index is 12.7. The molecule has 0 atom stereocenters. The number of phenols is 1. The zero-order valence-corrected chi connectivity index (χ0v) is 18.4. The van der Waals surface area contributed by atoms with E-state index in [2.05, 4.69) is 15.8 Å². The predicted molar refractivity (Wildman–Crippen MR) is 131 cm³/mol. The Balaban J connectivity index is 1.47. The summed E-state index contributed by atoms with van der Waals surface area (Å²) in [7, 11) is 0. The molecule has 6 nitrogen and oxygen atoms in total. The Morgan fingerprint density at radius 3 is 2.30 bits per heavy atom. The van der Waals surface area contributed by atoms with E-state index in [1.165, 1.54) is 6.07 Å². The molecule has 0 aromatic heterocycles. The smallest absolute Gasteiger partial charge is 0.275 e. The van der Waals surface area contributed by atoms with Crippen LogP contribution >= 0.6 is 11.6 Å². The number of nitrogens with zero attached hydrogens (tertiary/aromatic N) is 1. The van der Waals surface area contributed by atoms with Gasteiger partial charge in [0.05, 0.1) is 21.9 Å². The highest BCUT2D eigenvalue weighted by atomic mass is 35.5. The third-order valence-corrected chi connectivity index (χ3v) is 5.47. The van der Waals surface area contributed by atoms with Crippen molar-refractivity contribution in [3.05, 3.63) is 107 Å². The summed E-state index contributed by atoms with van der Waals surface area (Å²) in [6, 6.07) is 24.4. The van der Waals surface area contributed by atoms with E-state index in [1.807, 2.05) is 12.1 Å². The molecular weight excluding hydrogens is 438 g/mol. The number of amides is 2. The van der Waals surface area contributed by atoms with Gasteiger partial charge in [0.2, 0.25) is 0 Å². The van der Waals surface area contributed by atoms with Crippen molar-refractivity contribution < 1.29 is 14.7 Å². The van der Waals surface area contributed by atoms with Crippen LogP contribution in [0.4, 0.5) is 5.69 Å². The minimum absolute atomic E-state index is 0.113. The summed E-state index contributed by atoms with van der Waals surface area (Å²) in [5.41, 5.74) is 4.99. The normalized spacial score (nSPS) is 11.3. The van der Waals surface area contributed by atoms with Crippen molar-refractivity contribution in [2.24, 2.45) is 5.10 Å². The molecule has 0 unspecified atom stereocenters. The van der Waals surface area contributed by atoms with Gasteiger partial charge in [0.15, 0.2) is 0 Å². The Labute approximate surface area is 195 Å². The molecule has 4 aromatic carbocycles. The van der Waals surface area contributed by atoms with Crippen LogP contribution in [0, 0.1) is 0 Å². The topological polar surface area (TPSA) is 90.8 Å². The molecule has 0 fully saturated rings. The highest BCUT2D eigenvalue weighted by Gasteiger charge is 2.15. The average molecular weight is 458 g/mol. The van der Waals surface area contributed by atoms with Gasteiger partial charge in [-0.25, -0.2) is 5.43 Å². The van der Waals surface area contributed by atoms with E-state index >= 15 is 0 Å². The summed E-state index contributed by atoms with van der Waals surface area (Å²) in [5.74, 6) is -0.925. The fourth-order valence-electron chi connectivity index (χ4n) is 3.39. The van der Waals surface area contributed by atoms with E-state index in [-0.39, 0.29) is 17.2 Å². The van der Waals surface area contributed by atoms with Crippen LogP contribution in [-0.2, 0) is 0 Å². The highest BCUT2D eigenvalue weighted by Crippen LogP contribution is 2.27. The predicted octanol–water partition coefficient (Wildman–Crippen LogP) is 5.61. The fourth-order valence-corrected chi connectivity index (χ4v) is 3.61. The molecule has 0 aliphatic heterocycles. The van der Waals surface area contributed by atoms with Gasteiger partial charge >= 0.3 is 0 Å². The van der Waals surface area contributed by atoms with Crippen LogP contribution in [0.25, 0.3) is 10.8 Å². The number of carbonyl (C=O) groups excluding carboxylic acids is 2. The maximum absolute atomic E-state index is 12.7. The van der Waals surface area contributed by atoms with Crippen LogP contribution in [0.5, 0.6) is 5.75 Å². The maximum Gasteiger partial charge on any atom is 0.275 e. The van der Waals surface area contributed by atoms with Crippen molar-refractivity contribution in [3.63, 3.8) is 0 Å². The molecule has 0 saturated heterocycles. The molecule has 0 bridgehead atoms. The van der Waals surface area contributed by atoms with Crippen LogP contribution in [-0.4, -0.2) is 22.6 Å². The molecule has 0 aliphatic carbocycles. The van der Waals surface area contributed by atoms with Crippen LogP contribution < -0.4 is 10.7 Å². The first-order valence-corrected chi connectivity index (χ1v) is 10.5. The third kappa shape index (κ3) is 4.86. The standard InChI is InChI=1S/C26H20ClN3O3/c1-16(29-30-26(33)24-20-7-3-2-6-18(20)12-15-23(24)31)17-10-13-19(14-11-17)28-25(32)21-8-4-5-9-22(21)27/h2-15,31H,1H3,(H,28,32)(H,30,33)/b29-16+. The Morgan fingerprint density at radius 1 is 0.848 bits per heavy atom. The lowest BCUT2D eigenvalue weighted by atomic mass is 10.0. The first-order chi connectivity index (χ1) is 15.9. The lowest BCUT2D eigenvalue weighted by Crippen LogP contribution is -2.20. The molecular formula is C26H20ClN3O3. The number of hydrogen-bond donors (Lipinski definition) is 3. The number of phenolic OH excluding ortho intramolecular Hbond substituents is 1. The molecule has 0 radical (unpaired) electrons. The molecule has 0 heterocycles. The lowest BCUT2D eigenvalue weighted by Gasteiger charge is -2.09. The van der Waals surface area contributed by atoms with E-state index in [0.29, 0.717) is 27.4 Å². The average Bonchev–Trinajstić information content (AvgIpc) is 2.83. The molecule has 0 saturated carbocycles. The van der Waals surface area contributed by atoms with Gasteiger partial charge in [0.25, 0.3) is 11.8 Å². The number of carbonyl (C=O) groups is 2. The van der Waals surface area contributed by atoms with Crippen LogP contribution in [0.2, 0.25) is 5.02 Å². The summed E-state index contributed by atoms with van der Waals surface area (Å²) in [5, 5.41) is 19.0. The molecule has 4 rings (SSSR count). The van der Waals surface area contributed by atoms with Crippen molar-refractivity contribution in [2.45, 2.75) is 6.92 Å². The van der Waals surface area contributed by atoms with Crippen LogP contribution in [0.15, 0.2) is 90.0 Å². The number of fused-ring (bicyclic) bond motifs is 1. The second-order valence-corrected chi connectivity index (χ2v) is 7.74. The fraction of sp³-hybridized carbons (Fsp3) is 0.0385. The first-order valence-electron chi connectivity index (χ1n) is 10.2. The van der Waals surface area contributed by atoms with E-state index in [9.17, 15) is 14.7 Å². The highest BCUT2D eigenvalue weighted by molar-refractivity contribution is 6.34. The molecule has 7 heteroatoms. The summed E-state index contributed by atoms with van der Waals surface area (Å²) < 4.78 is 0. The van der Waals surface area contributed by atoms with Crippen LogP contribution in [0.1, 0.15) is 33.2 Å². The zero-order chi connectivity index (χ0) is 23.4. The minimum atomic E-state index is -0.507. The van der Waals surface area contributed by atoms with Gasteiger partial charge in [0.1, 0.15) is 5.75 Å². The van der Waals surface area contributed by atoms with Gasteiger partial charge in [-0.05, 0) is 53.6 Å². The quantitative estimate of drug-likeness (QED) is 0.269. The van der Waals surface area contributed by atoms with Crippen molar-refractivity contribution >= 4 is 45.6 Å². The van der Waals surface area contributed by atoms with Crippen molar-refractivity contribution in [3.8, 4) is 5.75 Å². The Bertz CT molecular complexity index is 1380. The van der Waals surface area contributed by atoms with Gasteiger partial charge in [-0.3, -0.25) is 9.59 Å². The number of aromatic hydroxyl groups is 1. The van der Waals surface area contributed by atoms with Gasteiger partial charge in [-0.15, -0.1) is 0 Å². The van der Waals surface area contributed by atoms with E-state index in [0.717, 1.165) is 10.9 Å². The minimum Gasteiger partial charge on any atom is -0.507 e. The molecule has 33 heavy (non-hydrogen) atoms. The van der Waals surface area contributed by atoms with Gasteiger partial charge in [0, 0.05) is 5.69 Å². The number of hydrogen-bond acceptors (Lipinski definition) is 4. The SMILES string of the molecule is C/C(=N\NC(=O)c1c(O)ccc2ccccc12)c1ccc(NC(=O)c2ccccc2Cl)cc1. The van der Waals surface area contributed by atoms with E-state index in [1.54, 1.807) is 73.7 Å². The first kappa shape index (κ1) is 22.0. The van der Waals surface area contributed by atoms with Crippen molar-refractivity contribution in [1.82, 2.24) is 5.43 Å². The third-order valence-electron chi connectivity index (χ3n) is 5.14. The van der Waals surface area contributed by atoms with Crippen molar-refractivity contribution in [1.29, 1.82) is 0 Å². The number of anilines is 1. The zero-order valence-electron chi connectivity index (χ0n) is 17.7. The summed E-state index contributed by atoms with van der Waals surface area (Å²) in [6.07, 6.45) is 0. The Hall–Kier alpha value is -4.16. The number of hydrazone groups is 1. The second-order valence-electron chi connectivity index (χ2n) is 7.33. The van der Waals surface area contributed by atoms with Crippen LogP contribution in [0.3, 0.4) is 0 Å². The second kappa shape index (κ2) is 9.54. The van der Waals surface area contributed by atoms with Crippen molar-refractivity contribution in [2.75, 3.05) is 5.32 Å². The molecule has 164 valence electrons. The Kier molecular flexibility index (Phi) is 6.38. The largest absolute Gasteiger partial charge is 0.507 e. The molecule has 0 spiro atoms. The number of rotatable bonds is 5.